The molecule has 0 amide bonds. The van der Waals surface area contributed by atoms with Crippen molar-refractivity contribution in [3.8, 4) is 0 Å². The van der Waals surface area contributed by atoms with Crippen LogP contribution in [0.2, 0.25) is 0 Å². The molecule has 0 heterocycles. The van der Waals surface area contributed by atoms with Gasteiger partial charge in [-0.05, 0) is 5.41 Å². The van der Waals surface area contributed by atoms with Crippen LogP contribution in [0.25, 0.3) is 0 Å². The summed E-state index contributed by atoms with van der Waals surface area (Å²) in [4.78, 5) is 10.4. The molecule has 0 saturated carbocycles. The molecule has 0 aliphatic heterocycles. The van der Waals surface area contributed by atoms with Crippen molar-refractivity contribution in [2.45, 2.75) is 0 Å². The van der Waals surface area contributed by atoms with Crippen LogP contribution in [-0.2, 0) is 9.53 Å². The number of rotatable bonds is 4. The SMILES string of the molecule is COC(=O)C=CSCCN. The lowest BCUT2D eigenvalue weighted by Crippen LogP contribution is -2.00. The van der Waals surface area contributed by atoms with E-state index < -0.39 is 0 Å². The molecule has 0 aromatic carbocycles. The Labute approximate surface area is 64.6 Å². The molecular weight excluding hydrogens is 150 g/mol. The largest absolute Gasteiger partial charge is 0.466 e. The molecule has 0 unspecified atom stereocenters. The van der Waals surface area contributed by atoms with Crippen LogP contribution in [0, 0.1) is 0 Å². The van der Waals surface area contributed by atoms with E-state index in [0.29, 0.717) is 6.54 Å². The number of nitrogens with two attached hydrogens (primary N) is 1. The van der Waals surface area contributed by atoms with Crippen molar-refractivity contribution in [3.05, 3.63) is 11.5 Å². The Kier molecular flexibility index (Phi) is 6.32. The van der Waals surface area contributed by atoms with Crippen molar-refractivity contribution in [2.75, 3.05) is 19.4 Å². The molecule has 0 saturated heterocycles. The van der Waals surface area contributed by atoms with E-state index in [9.17, 15) is 4.79 Å². The normalized spacial score (nSPS) is 10.2. The highest BCUT2D eigenvalue weighted by molar-refractivity contribution is 8.02. The molecule has 0 radical (unpaired) electrons. The first kappa shape index (κ1) is 9.52. The molecule has 0 rings (SSSR count). The van der Waals surface area contributed by atoms with Crippen LogP contribution in [0.5, 0.6) is 0 Å². The zero-order valence-electron chi connectivity index (χ0n) is 5.87. The number of carbonyl (C=O) groups excluding carboxylic acids is 1. The lowest BCUT2D eigenvalue weighted by atomic mass is 10.7. The van der Waals surface area contributed by atoms with E-state index in [4.69, 9.17) is 5.73 Å². The van der Waals surface area contributed by atoms with Crippen molar-refractivity contribution in [2.24, 2.45) is 5.73 Å². The fraction of sp³-hybridized carbons (Fsp3) is 0.500. The van der Waals surface area contributed by atoms with E-state index in [1.807, 2.05) is 0 Å². The lowest BCUT2D eigenvalue weighted by Gasteiger charge is -1.89. The van der Waals surface area contributed by atoms with Gasteiger partial charge in [0, 0.05) is 18.4 Å². The van der Waals surface area contributed by atoms with Gasteiger partial charge in [-0.25, -0.2) is 4.79 Å². The number of carbonyl (C=O) groups is 1. The molecular formula is C6H11NO2S. The molecule has 0 aromatic rings. The average molecular weight is 161 g/mol. The second-order valence-corrected chi connectivity index (χ2v) is 2.50. The van der Waals surface area contributed by atoms with Gasteiger partial charge in [0.15, 0.2) is 0 Å². The topological polar surface area (TPSA) is 52.3 Å². The van der Waals surface area contributed by atoms with E-state index in [0.717, 1.165) is 5.75 Å². The molecule has 0 aliphatic rings. The first-order valence-electron chi connectivity index (χ1n) is 2.87. The smallest absolute Gasteiger partial charge is 0.330 e. The van der Waals surface area contributed by atoms with Crippen molar-refractivity contribution in [1.29, 1.82) is 0 Å². The first-order valence-corrected chi connectivity index (χ1v) is 3.92. The highest BCUT2D eigenvalue weighted by atomic mass is 32.2. The summed E-state index contributed by atoms with van der Waals surface area (Å²) in [6.07, 6.45) is 1.38. The van der Waals surface area contributed by atoms with Gasteiger partial charge in [-0.1, -0.05) is 0 Å². The molecule has 4 heteroatoms. The summed E-state index contributed by atoms with van der Waals surface area (Å²) in [7, 11) is 1.35. The van der Waals surface area contributed by atoms with Crippen LogP contribution >= 0.6 is 11.8 Å². The number of esters is 1. The van der Waals surface area contributed by atoms with Gasteiger partial charge in [-0.2, -0.15) is 0 Å². The summed E-state index contributed by atoms with van der Waals surface area (Å²) >= 11 is 1.49. The predicted octanol–water partition coefficient (Wildman–Crippen LogP) is 0.365. The van der Waals surface area contributed by atoms with Crippen molar-refractivity contribution < 1.29 is 9.53 Å². The van der Waals surface area contributed by atoms with E-state index in [-0.39, 0.29) is 5.97 Å². The summed E-state index contributed by atoms with van der Waals surface area (Å²) in [6, 6.07) is 0. The van der Waals surface area contributed by atoms with E-state index in [2.05, 4.69) is 4.74 Å². The summed E-state index contributed by atoms with van der Waals surface area (Å²) in [5.74, 6) is 0.498. The van der Waals surface area contributed by atoms with Gasteiger partial charge < -0.3 is 10.5 Å². The van der Waals surface area contributed by atoms with Gasteiger partial charge in [-0.3, -0.25) is 0 Å². The van der Waals surface area contributed by atoms with Crippen LogP contribution in [0.15, 0.2) is 11.5 Å². The number of hydrogen-bond acceptors (Lipinski definition) is 4. The quantitative estimate of drug-likeness (QED) is 0.367. The number of ether oxygens (including phenoxy) is 1. The van der Waals surface area contributed by atoms with Gasteiger partial charge in [0.25, 0.3) is 0 Å². The molecule has 58 valence electrons. The summed E-state index contributed by atoms with van der Waals surface area (Å²) in [5, 5.41) is 1.68. The molecule has 3 nitrogen and oxygen atoms in total. The number of methoxy groups -OCH3 is 1. The Bertz CT molecular complexity index is 125. The molecule has 0 fully saturated rings. The molecule has 0 bridgehead atoms. The third kappa shape index (κ3) is 5.65. The third-order valence-corrected chi connectivity index (χ3v) is 1.54. The zero-order chi connectivity index (χ0) is 7.82. The molecule has 0 aromatic heterocycles. The lowest BCUT2D eigenvalue weighted by molar-refractivity contribution is -0.134. The molecule has 0 atom stereocenters. The van der Waals surface area contributed by atoms with Crippen molar-refractivity contribution in [1.82, 2.24) is 0 Å². The van der Waals surface area contributed by atoms with Crippen LogP contribution in [-0.4, -0.2) is 25.4 Å². The van der Waals surface area contributed by atoms with Gasteiger partial charge in [0.05, 0.1) is 7.11 Å². The van der Waals surface area contributed by atoms with Crippen LogP contribution in [0.4, 0.5) is 0 Å². The zero-order valence-corrected chi connectivity index (χ0v) is 6.69. The highest BCUT2D eigenvalue weighted by Crippen LogP contribution is 1.99. The Morgan fingerprint density at radius 3 is 3.00 bits per heavy atom. The second kappa shape index (κ2) is 6.64. The minimum absolute atomic E-state index is 0.329. The maximum Gasteiger partial charge on any atom is 0.330 e. The van der Waals surface area contributed by atoms with E-state index in [1.165, 1.54) is 24.9 Å². The highest BCUT2D eigenvalue weighted by Gasteiger charge is 1.88. The number of thioether (sulfide) groups is 1. The van der Waals surface area contributed by atoms with Crippen LogP contribution in [0.3, 0.4) is 0 Å². The summed E-state index contributed by atoms with van der Waals surface area (Å²) < 4.78 is 4.36. The monoisotopic (exact) mass is 161 g/mol. The standard InChI is InChI=1S/C6H11NO2S/c1-9-6(8)2-4-10-5-3-7/h2,4H,3,5,7H2,1H3. The summed E-state index contributed by atoms with van der Waals surface area (Å²) in [5.41, 5.74) is 5.21. The average Bonchev–Trinajstić information content (AvgIpc) is 1.98. The maximum absolute atomic E-state index is 10.4. The minimum Gasteiger partial charge on any atom is -0.466 e. The summed E-state index contributed by atoms with van der Waals surface area (Å²) in [6.45, 7) is 0.621. The third-order valence-electron chi connectivity index (χ3n) is 0.737. The molecule has 10 heavy (non-hydrogen) atoms. The van der Waals surface area contributed by atoms with Gasteiger partial charge in [0.1, 0.15) is 0 Å². The maximum atomic E-state index is 10.4. The van der Waals surface area contributed by atoms with Crippen LogP contribution < -0.4 is 5.73 Å². The van der Waals surface area contributed by atoms with Crippen molar-refractivity contribution in [3.63, 3.8) is 0 Å². The van der Waals surface area contributed by atoms with Crippen LogP contribution in [0.1, 0.15) is 0 Å². The molecule has 0 aliphatic carbocycles. The second-order valence-electron chi connectivity index (χ2n) is 1.49. The Hall–Kier alpha value is -0.480. The fourth-order valence-corrected chi connectivity index (χ4v) is 0.787. The predicted molar refractivity (Wildman–Crippen MR) is 42.7 cm³/mol. The Balaban J connectivity index is 3.27. The first-order chi connectivity index (χ1) is 4.81. The van der Waals surface area contributed by atoms with Gasteiger partial charge in [0.2, 0.25) is 0 Å². The Morgan fingerprint density at radius 1 is 1.80 bits per heavy atom. The molecule has 2 N–H and O–H groups in total. The number of hydrogen-bond donors (Lipinski definition) is 1. The van der Waals surface area contributed by atoms with E-state index >= 15 is 0 Å². The molecule has 0 spiro atoms. The minimum atomic E-state index is -0.329. The fourth-order valence-electron chi connectivity index (χ4n) is 0.308. The Morgan fingerprint density at radius 2 is 2.50 bits per heavy atom. The van der Waals surface area contributed by atoms with E-state index in [1.54, 1.807) is 5.41 Å². The van der Waals surface area contributed by atoms with Gasteiger partial charge in [-0.15, -0.1) is 11.8 Å². The van der Waals surface area contributed by atoms with Gasteiger partial charge >= 0.3 is 5.97 Å². The van der Waals surface area contributed by atoms with Crippen molar-refractivity contribution >= 4 is 17.7 Å².